The van der Waals surface area contributed by atoms with Crippen LogP contribution in [0.15, 0.2) is 18.2 Å². The Morgan fingerprint density at radius 2 is 1.94 bits per heavy atom. The number of hydrogen-bond acceptors (Lipinski definition) is 3. The van der Waals surface area contributed by atoms with Crippen LogP contribution in [-0.4, -0.2) is 36.8 Å². The summed E-state index contributed by atoms with van der Waals surface area (Å²) in [6.45, 7) is 4.14. The van der Waals surface area contributed by atoms with Crippen molar-refractivity contribution >= 4 is 0 Å². The largest absolute Gasteiger partial charge is 0.395 e. The number of aryl methyl sites for hydroxylation is 2. The van der Waals surface area contributed by atoms with Crippen molar-refractivity contribution in [1.29, 1.82) is 0 Å². The molecule has 1 aromatic carbocycles. The van der Waals surface area contributed by atoms with Crippen molar-refractivity contribution in [3.05, 3.63) is 34.9 Å². The molecule has 90 valence electrons. The minimum Gasteiger partial charge on any atom is -0.395 e. The van der Waals surface area contributed by atoms with Crippen LogP contribution in [-0.2, 0) is 0 Å². The van der Waals surface area contributed by atoms with Crippen molar-refractivity contribution in [2.75, 3.05) is 20.7 Å². The van der Waals surface area contributed by atoms with E-state index in [1.807, 2.05) is 14.1 Å². The molecule has 2 unspecified atom stereocenters. The second-order valence-electron chi connectivity index (χ2n) is 4.61. The van der Waals surface area contributed by atoms with Crippen LogP contribution in [0.2, 0.25) is 0 Å². The molecule has 0 fully saturated rings. The summed E-state index contributed by atoms with van der Waals surface area (Å²) < 4.78 is 0. The molecular formula is C13H22N2O. The van der Waals surface area contributed by atoms with Crippen molar-refractivity contribution in [2.24, 2.45) is 5.73 Å². The molecule has 1 aromatic rings. The monoisotopic (exact) mass is 222 g/mol. The number of hydrogen-bond donors (Lipinski definition) is 2. The summed E-state index contributed by atoms with van der Waals surface area (Å²) in [4.78, 5) is 2.06. The highest BCUT2D eigenvalue weighted by molar-refractivity contribution is 5.33. The summed E-state index contributed by atoms with van der Waals surface area (Å²) in [7, 11) is 3.98. The Morgan fingerprint density at radius 3 is 2.44 bits per heavy atom. The van der Waals surface area contributed by atoms with E-state index in [0.717, 1.165) is 0 Å². The Labute approximate surface area is 97.9 Å². The fraction of sp³-hybridized carbons (Fsp3) is 0.538. The van der Waals surface area contributed by atoms with Gasteiger partial charge in [-0.15, -0.1) is 0 Å². The minimum absolute atomic E-state index is 0.00374. The van der Waals surface area contributed by atoms with Crippen molar-refractivity contribution in [3.8, 4) is 0 Å². The quantitative estimate of drug-likeness (QED) is 0.805. The Bertz CT molecular complexity index is 350. The molecular weight excluding hydrogens is 200 g/mol. The maximum Gasteiger partial charge on any atom is 0.0601 e. The molecule has 1 rings (SSSR count). The summed E-state index contributed by atoms with van der Waals surface area (Å²) in [6, 6.07) is 6.15. The van der Waals surface area contributed by atoms with Gasteiger partial charge in [0.25, 0.3) is 0 Å². The lowest BCUT2D eigenvalue weighted by molar-refractivity contribution is 0.181. The second kappa shape index (κ2) is 5.43. The van der Waals surface area contributed by atoms with E-state index < -0.39 is 0 Å². The zero-order valence-corrected chi connectivity index (χ0v) is 10.6. The topological polar surface area (TPSA) is 49.5 Å². The van der Waals surface area contributed by atoms with Gasteiger partial charge in [-0.2, -0.15) is 0 Å². The molecule has 2 atom stereocenters. The Morgan fingerprint density at radius 1 is 1.31 bits per heavy atom. The third kappa shape index (κ3) is 2.82. The Kier molecular flexibility index (Phi) is 4.47. The third-order valence-electron chi connectivity index (χ3n) is 2.93. The summed E-state index contributed by atoms with van der Waals surface area (Å²) in [6.07, 6.45) is 0. The van der Waals surface area contributed by atoms with Crippen LogP contribution in [0.4, 0.5) is 0 Å². The van der Waals surface area contributed by atoms with E-state index in [9.17, 15) is 5.11 Å². The van der Waals surface area contributed by atoms with Gasteiger partial charge in [-0.3, -0.25) is 0 Å². The maximum atomic E-state index is 9.22. The minimum atomic E-state index is -0.254. The van der Waals surface area contributed by atoms with Crippen LogP contribution in [0.5, 0.6) is 0 Å². The summed E-state index contributed by atoms with van der Waals surface area (Å²) in [5.41, 5.74) is 9.61. The Hall–Kier alpha value is -0.900. The number of benzene rings is 1. The Balaban J connectivity index is 3.15. The highest BCUT2D eigenvalue weighted by Crippen LogP contribution is 2.25. The van der Waals surface area contributed by atoms with E-state index in [2.05, 4.69) is 36.9 Å². The summed E-state index contributed by atoms with van der Waals surface area (Å²) in [5.74, 6) is 0. The molecule has 0 bridgehead atoms. The standard InChI is InChI=1S/C13H22N2O/c1-9-5-6-10(2)11(7-9)13(15(3)4)12(14)8-16/h5-7,12-13,16H,8,14H2,1-4H3. The molecule has 16 heavy (non-hydrogen) atoms. The lowest BCUT2D eigenvalue weighted by Gasteiger charge is -2.30. The van der Waals surface area contributed by atoms with Crippen LogP contribution >= 0.6 is 0 Å². The van der Waals surface area contributed by atoms with Gasteiger partial charge < -0.3 is 15.7 Å². The molecule has 3 nitrogen and oxygen atoms in total. The van der Waals surface area contributed by atoms with Gasteiger partial charge in [-0.1, -0.05) is 23.8 Å². The normalized spacial score (nSPS) is 15.2. The zero-order chi connectivity index (χ0) is 12.3. The predicted octanol–water partition coefficient (Wildman–Crippen LogP) is 1.23. The second-order valence-corrected chi connectivity index (χ2v) is 4.61. The molecule has 0 aromatic heterocycles. The van der Waals surface area contributed by atoms with Gasteiger partial charge in [0.05, 0.1) is 12.6 Å². The first-order valence-electron chi connectivity index (χ1n) is 5.57. The molecule has 0 aliphatic carbocycles. The van der Waals surface area contributed by atoms with E-state index in [0.29, 0.717) is 0 Å². The first-order chi connectivity index (χ1) is 7.47. The SMILES string of the molecule is Cc1ccc(C)c(C(C(N)CO)N(C)C)c1. The van der Waals surface area contributed by atoms with Crippen molar-refractivity contribution in [3.63, 3.8) is 0 Å². The van der Waals surface area contributed by atoms with E-state index in [1.54, 1.807) is 0 Å². The van der Waals surface area contributed by atoms with Crippen molar-refractivity contribution < 1.29 is 5.11 Å². The molecule has 3 N–H and O–H groups in total. The molecule has 0 saturated heterocycles. The molecule has 0 spiro atoms. The number of aliphatic hydroxyl groups is 1. The van der Waals surface area contributed by atoms with Crippen LogP contribution < -0.4 is 5.73 Å². The number of rotatable bonds is 4. The van der Waals surface area contributed by atoms with Crippen molar-refractivity contribution in [2.45, 2.75) is 25.9 Å². The van der Waals surface area contributed by atoms with Crippen LogP contribution in [0, 0.1) is 13.8 Å². The van der Waals surface area contributed by atoms with Gasteiger partial charge in [0.1, 0.15) is 0 Å². The van der Waals surface area contributed by atoms with Gasteiger partial charge in [-0.25, -0.2) is 0 Å². The van der Waals surface area contributed by atoms with Crippen LogP contribution in [0.1, 0.15) is 22.7 Å². The van der Waals surface area contributed by atoms with Gasteiger partial charge in [-0.05, 0) is 39.1 Å². The smallest absolute Gasteiger partial charge is 0.0601 e. The third-order valence-corrected chi connectivity index (χ3v) is 2.93. The molecule has 0 aliphatic heterocycles. The summed E-state index contributed by atoms with van der Waals surface area (Å²) in [5, 5.41) is 9.22. The van der Waals surface area contributed by atoms with Crippen molar-refractivity contribution in [1.82, 2.24) is 4.90 Å². The predicted molar refractivity (Wildman–Crippen MR) is 67.4 cm³/mol. The fourth-order valence-electron chi connectivity index (χ4n) is 2.07. The number of likely N-dealkylation sites (N-methyl/N-ethyl adjacent to an activating group) is 1. The first kappa shape index (κ1) is 13.2. The van der Waals surface area contributed by atoms with E-state index in [1.165, 1.54) is 16.7 Å². The summed E-state index contributed by atoms with van der Waals surface area (Å²) >= 11 is 0. The zero-order valence-electron chi connectivity index (χ0n) is 10.6. The lowest BCUT2D eigenvalue weighted by atomic mass is 9.93. The van der Waals surface area contributed by atoms with Gasteiger partial charge in [0, 0.05) is 6.04 Å². The number of aliphatic hydroxyl groups excluding tert-OH is 1. The molecule has 0 aliphatic rings. The number of nitrogens with two attached hydrogens (primary N) is 1. The average molecular weight is 222 g/mol. The van der Waals surface area contributed by atoms with Gasteiger partial charge >= 0.3 is 0 Å². The average Bonchev–Trinajstić information content (AvgIpc) is 2.22. The molecule has 0 radical (unpaired) electrons. The van der Waals surface area contributed by atoms with Crippen LogP contribution in [0.25, 0.3) is 0 Å². The van der Waals surface area contributed by atoms with Gasteiger partial charge in [0.2, 0.25) is 0 Å². The number of nitrogens with zero attached hydrogens (tertiary/aromatic N) is 1. The molecule has 0 heterocycles. The first-order valence-corrected chi connectivity index (χ1v) is 5.57. The molecule has 0 saturated carbocycles. The highest BCUT2D eigenvalue weighted by Gasteiger charge is 2.22. The maximum absolute atomic E-state index is 9.22. The lowest BCUT2D eigenvalue weighted by Crippen LogP contribution is -2.40. The van der Waals surface area contributed by atoms with E-state index >= 15 is 0 Å². The highest BCUT2D eigenvalue weighted by atomic mass is 16.3. The molecule has 0 amide bonds. The van der Waals surface area contributed by atoms with Crippen LogP contribution in [0.3, 0.4) is 0 Å². The van der Waals surface area contributed by atoms with E-state index in [-0.39, 0.29) is 18.7 Å². The van der Waals surface area contributed by atoms with E-state index in [4.69, 9.17) is 5.73 Å². The molecule has 3 heteroatoms. The fourth-order valence-corrected chi connectivity index (χ4v) is 2.07. The van der Waals surface area contributed by atoms with Gasteiger partial charge in [0.15, 0.2) is 0 Å².